The summed E-state index contributed by atoms with van der Waals surface area (Å²) < 4.78 is 0. The number of rotatable bonds is 0. The lowest BCUT2D eigenvalue weighted by molar-refractivity contribution is -0.203. The summed E-state index contributed by atoms with van der Waals surface area (Å²) in [6.07, 6.45) is 14.5. The Bertz CT molecular complexity index is 779. The van der Waals surface area contributed by atoms with Gasteiger partial charge in [0.15, 0.2) is 0 Å². The maximum Gasteiger partial charge on any atom is 0.0594 e. The Kier molecular flexibility index (Phi) is 4.82. The average molecular weight is 427 g/mol. The molecule has 0 aromatic carbocycles. The smallest absolute Gasteiger partial charge is 0.0594 e. The van der Waals surface area contributed by atoms with E-state index in [-0.39, 0.29) is 11.5 Å². The fraction of sp³-hybridized carbons (Fsp3) is 0.933. The second-order valence-electron chi connectivity index (χ2n) is 14.7. The molecular weight excluding hydrogens is 376 g/mol. The van der Waals surface area contributed by atoms with Gasteiger partial charge in [0.25, 0.3) is 0 Å². The van der Waals surface area contributed by atoms with Crippen LogP contribution in [0.4, 0.5) is 0 Å². The Balaban J connectivity index is 1.59. The largest absolute Gasteiger partial charge is 0.393 e. The van der Waals surface area contributed by atoms with Gasteiger partial charge in [-0.05, 0) is 114 Å². The SMILES string of the molecule is C[C@H]1[C@H](C)CC[C@]2(C)CC[C@]3(C)C(=CC[C@@H]4[C@@]5(C)CC[C@@H](O)C(C)(C)[C@H]5CC[C@]43C)[C@@H]12. The summed E-state index contributed by atoms with van der Waals surface area (Å²) in [6.45, 7) is 20.5. The molecule has 1 heteroatoms. The molecule has 0 unspecified atom stereocenters. The second kappa shape index (κ2) is 6.64. The van der Waals surface area contributed by atoms with E-state index >= 15 is 0 Å². The van der Waals surface area contributed by atoms with Gasteiger partial charge in [0, 0.05) is 0 Å². The van der Waals surface area contributed by atoms with Crippen molar-refractivity contribution < 1.29 is 5.11 Å². The summed E-state index contributed by atoms with van der Waals surface area (Å²) in [5, 5.41) is 10.9. The normalized spacial score (nSPS) is 58.3. The van der Waals surface area contributed by atoms with Crippen LogP contribution in [-0.2, 0) is 0 Å². The molecule has 5 rings (SSSR count). The minimum Gasteiger partial charge on any atom is -0.393 e. The molecule has 10 atom stereocenters. The van der Waals surface area contributed by atoms with Gasteiger partial charge in [-0.15, -0.1) is 0 Å². The number of allylic oxidation sites excluding steroid dienone is 2. The molecule has 4 saturated carbocycles. The van der Waals surface area contributed by atoms with E-state index in [1.165, 1.54) is 51.4 Å². The molecule has 0 saturated heterocycles. The molecule has 0 amide bonds. The first-order valence-electron chi connectivity index (χ1n) is 13.7. The maximum atomic E-state index is 10.9. The lowest BCUT2D eigenvalue weighted by Gasteiger charge is -2.71. The standard InChI is InChI=1S/C30H50O/c1-19-11-14-27(5)17-18-29(7)21(25(27)20(19)2)9-10-23-28(6)15-13-24(31)26(3,4)22(28)12-16-30(23,29)8/h9,19-20,22-25,31H,10-18H2,1-8H3/t19-,20+,22-,23-,24-,25-,27-,28+,29-,30-/m1/s1. The first-order chi connectivity index (χ1) is 14.3. The molecule has 1 N–H and O–H groups in total. The summed E-state index contributed by atoms with van der Waals surface area (Å²) >= 11 is 0. The van der Waals surface area contributed by atoms with Crippen LogP contribution >= 0.6 is 0 Å². The molecule has 0 spiro atoms. The van der Waals surface area contributed by atoms with Crippen molar-refractivity contribution in [1.29, 1.82) is 0 Å². The molecule has 5 aliphatic carbocycles. The topological polar surface area (TPSA) is 20.2 Å². The molecule has 5 aliphatic rings. The number of hydrogen-bond donors (Lipinski definition) is 1. The van der Waals surface area contributed by atoms with Gasteiger partial charge in [-0.1, -0.05) is 67.0 Å². The Hall–Kier alpha value is -0.300. The van der Waals surface area contributed by atoms with E-state index in [1.54, 1.807) is 0 Å². The van der Waals surface area contributed by atoms with Crippen molar-refractivity contribution in [3.05, 3.63) is 11.6 Å². The molecule has 0 aromatic rings. The lowest BCUT2D eigenvalue weighted by Crippen LogP contribution is -2.64. The van der Waals surface area contributed by atoms with Crippen molar-refractivity contribution in [2.45, 2.75) is 119 Å². The predicted molar refractivity (Wildman–Crippen MR) is 131 cm³/mol. The Morgan fingerprint density at radius 2 is 1.52 bits per heavy atom. The first kappa shape index (κ1) is 22.5. The first-order valence-corrected chi connectivity index (χ1v) is 13.7. The highest BCUT2D eigenvalue weighted by molar-refractivity contribution is 5.33. The highest BCUT2D eigenvalue weighted by Gasteiger charge is 2.67. The predicted octanol–water partition coefficient (Wildman–Crippen LogP) is 8.02. The van der Waals surface area contributed by atoms with E-state index in [1.807, 2.05) is 5.57 Å². The molecule has 0 aromatic heterocycles. The molecule has 1 nitrogen and oxygen atoms in total. The maximum absolute atomic E-state index is 10.9. The van der Waals surface area contributed by atoms with Gasteiger partial charge in [0.1, 0.15) is 0 Å². The van der Waals surface area contributed by atoms with Crippen LogP contribution in [0.5, 0.6) is 0 Å². The Morgan fingerprint density at radius 3 is 2.23 bits per heavy atom. The van der Waals surface area contributed by atoms with E-state index in [9.17, 15) is 5.11 Å². The summed E-state index contributed by atoms with van der Waals surface area (Å²) in [4.78, 5) is 0. The van der Waals surface area contributed by atoms with E-state index in [2.05, 4.69) is 61.5 Å². The van der Waals surface area contributed by atoms with Crippen LogP contribution < -0.4 is 0 Å². The molecule has 176 valence electrons. The fourth-order valence-electron chi connectivity index (χ4n) is 10.8. The summed E-state index contributed by atoms with van der Waals surface area (Å²) in [7, 11) is 0. The van der Waals surface area contributed by atoms with Crippen LogP contribution in [0.2, 0.25) is 0 Å². The highest BCUT2D eigenvalue weighted by Crippen LogP contribution is 2.75. The third-order valence-corrected chi connectivity index (χ3v) is 13.4. The highest BCUT2D eigenvalue weighted by atomic mass is 16.3. The average Bonchev–Trinajstić information content (AvgIpc) is 2.69. The van der Waals surface area contributed by atoms with Crippen molar-refractivity contribution in [2.24, 2.45) is 56.7 Å². The third-order valence-electron chi connectivity index (χ3n) is 13.4. The Labute approximate surface area is 192 Å². The van der Waals surface area contributed by atoms with Gasteiger partial charge >= 0.3 is 0 Å². The van der Waals surface area contributed by atoms with E-state index in [0.29, 0.717) is 27.6 Å². The number of fused-ring (bicyclic) bond motifs is 7. The zero-order valence-electron chi connectivity index (χ0n) is 21.9. The van der Waals surface area contributed by atoms with Gasteiger partial charge in [0.05, 0.1) is 6.10 Å². The summed E-state index contributed by atoms with van der Waals surface area (Å²) in [5.74, 6) is 3.90. The molecule has 0 bridgehead atoms. The van der Waals surface area contributed by atoms with Crippen LogP contribution in [0.1, 0.15) is 113 Å². The van der Waals surface area contributed by atoms with Crippen molar-refractivity contribution in [3.63, 3.8) is 0 Å². The van der Waals surface area contributed by atoms with Gasteiger partial charge in [-0.3, -0.25) is 0 Å². The summed E-state index contributed by atoms with van der Waals surface area (Å²) in [5.41, 5.74) is 3.60. The number of aliphatic hydroxyl groups excluding tert-OH is 1. The van der Waals surface area contributed by atoms with Crippen LogP contribution in [-0.4, -0.2) is 11.2 Å². The quantitative estimate of drug-likeness (QED) is 0.389. The van der Waals surface area contributed by atoms with Crippen molar-refractivity contribution in [2.75, 3.05) is 0 Å². The van der Waals surface area contributed by atoms with Crippen molar-refractivity contribution in [3.8, 4) is 0 Å². The van der Waals surface area contributed by atoms with E-state index in [4.69, 9.17) is 0 Å². The van der Waals surface area contributed by atoms with Gasteiger partial charge in [0.2, 0.25) is 0 Å². The van der Waals surface area contributed by atoms with Crippen LogP contribution in [0, 0.1) is 56.7 Å². The van der Waals surface area contributed by atoms with Gasteiger partial charge in [-0.2, -0.15) is 0 Å². The van der Waals surface area contributed by atoms with Crippen LogP contribution in [0.15, 0.2) is 11.6 Å². The third kappa shape index (κ3) is 2.65. The molecule has 4 fully saturated rings. The zero-order valence-corrected chi connectivity index (χ0v) is 21.9. The van der Waals surface area contributed by atoms with Gasteiger partial charge in [-0.25, -0.2) is 0 Å². The monoisotopic (exact) mass is 426 g/mol. The minimum atomic E-state index is -0.125. The minimum absolute atomic E-state index is 0.0533. The molecule has 0 radical (unpaired) electrons. The van der Waals surface area contributed by atoms with Gasteiger partial charge < -0.3 is 5.11 Å². The lowest BCUT2D eigenvalue weighted by atomic mass is 9.33. The molecule has 31 heavy (non-hydrogen) atoms. The van der Waals surface area contributed by atoms with Crippen LogP contribution in [0.3, 0.4) is 0 Å². The van der Waals surface area contributed by atoms with Crippen molar-refractivity contribution in [1.82, 2.24) is 0 Å². The molecule has 0 aliphatic heterocycles. The number of aliphatic hydroxyl groups is 1. The van der Waals surface area contributed by atoms with Crippen LogP contribution in [0.25, 0.3) is 0 Å². The van der Waals surface area contributed by atoms with E-state index < -0.39 is 0 Å². The molecule has 0 heterocycles. The fourth-order valence-corrected chi connectivity index (χ4v) is 10.8. The summed E-state index contributed by atoms with van der Waals surface area (Å²) in [6, 6.07) is 0. The second-order valence-corrected chi connectivity index (χ2v) is 14.7. The van der Waals surface area contributed by atoms with E-state index in [0.717, 1.165) is 30.1 Å². The zero-order chi connectivity index (χ0) is 22.6. The Morgan fingerprint density at radius 1 is 0.806 bits per heavy atom. The van der Waals surface area contributed by atoms with Crippen molar-refractivity contribution >= 4 is 0 Å². The molecular formula is C30H50O. The number of hydrogen-bond acceptors (Lipinski definition) is 1.